The Bertz CT molecular complexity index is 437. The summed E-state index contributed by atoms with van der Waals surface area (Å²) >= 11 is 3.45. The van der Waals surface area contributed by atoms with Gasteiger partial charge in [0.1, 0.15) is 12.4 Å². The Morgan fingerprint density at radius 3 is 3.08 bits per heavy atom. The summed E-state index contributed by atoms with van der Waals surface area (Å²) < 4.78 is 3.17. The zero-order valence-electron chi connectivity index (χ0n) is 7.08. The SMILES string of the molecule is Cc1cc(Br)c[n+]2c1=NC(C)C=2. The lowest BCUT2D eigenvalue weighted by Crippen LogP contribution is -2.36. The summed E-state index contributed by atoms with van der Waals surface area (Å²) in [5, 5.41) is 0. The van der Waals surface area contributed by atoms with Crippen molar-refractivity contribution in [1.29, 1.82) is 0 Å². The molecule has 0 aromatic carbocycles. The quantitative estimate of drug-likeness (QED) is 0.589. The number of halogens is 1. The first-order valence-electron chi connectivity index (χ1n) is 3.94. The molecule has 1 aromatic heterocycles. The lowest BCUT2D eigenvalue weighted by atomic mass is 10.3. The number of hydrogen-bond donors (Lipinski definition) is 0. The molecule has 1 atom stereocenters. The number of fused-ring (bicyclic) bond motifs is 1. The van der Waals surface area contributed by atoms with E-state index < -0.39 is 0 Å². The van der Waals surface area contributed by atoms with Crippen LogP contribution in [0.25, 0.3) is 0 Å². The number of rotatable bonds is 0. The van der Waals surface area contributed by atoms with Gasteiger partial charge in [0.05, 0.1) is 4.47 Å². The van der Waals surface area contributed by atoms with E-state index in [9.17, 15) is 0 Å². The average molecular weight is 226 g/mol. The molecular formula is C9H10BrN2+. The molecule has 2 rings (SSSR count). The summed E-state index contributed by atoms with van der Waals surface area (Å²) in [6.07, 6.45) is 4.14. The fourth-order valence-electron chi connectivity index (χ4n) is 1.45. The van der Waals surface area contributed by atoms with Crippen LogP contribution < -0.4 is 9.73 Å². The molecule has 12 heavy (non-hydrogen) atoms. The van der Waals surface area contributed by atoms with Crippen LogP contribution in [0.5, 0.6) is 0 Å². The van der Waals surface area contributed by atoms with E-state index >= 15 is 0 Å². The van der Waals surface area contributed by atoms with Crippen LogP contribution in [-0.2, 0) is 0 Å². The van der Waals surface area contributed by atoms with Gasteiger partial charge in [-0.25, -0.2) is 4.24 Å². The molecule has 1 aliphatic heterocycles. The normalized spacial score (nSPS) is 19.8. The average Bonchev–Trinajstić information content (AvgIpc) is 2.29. The Kier molecular flexibility index (Phi) is 1.76. The highest BCUT2D eigenvalue weighted by Crippen LogP contribution is 2.05. The number of pyridine rings is 1. The van der Waals surface area contributed by atoms with Crippen LogP contribution >= 0.6 is 15.9 Å². The van der Waals surface area contributed by atoms with Crippen LogP contribution in [0, 0.1) is 13.1 Å². The van der Waals surface area contributed by atoms with Gasteiger partial charge >= 0.3 is 5.49 Å². The van der Waals surface area contributed by atoms with Crippen molar-refractivity contribution >= 4 is 15.9 Å². The Balaban J connectivity index is 2.86. The summed E-state index contributed by atoms with van der Waals surface area (Å²) in [6.45, 7) is 4.16. The van der Waals surface area contributed by atoms with Crippen molar-refractivity contribution < 1.29 is 4.24 Å². The van der Waals surface area contributed by atoms with Crippen LogP contribution in [-0.4, -0.2) is 6.04 Å². The Morgan fingerprint density at radius 2 is 2.33 bits per heavy atom. The lowest BCUT2D eigenvalue weighted by molar-refractivity contribution is -0.524. The Hall–Kier alpha value is -0.700. The van der Waals surface area contributed by atoms with E-state index in [0.717, 1.165) is 9.96 Å². The van der Waals surface area contributed by atoms with Crippen LogP contribution in [0.4, 0.5) is 0 Å². The predicted octanol–water partition coefficient (Wildman–Crippen LogP) is 1.08. The predicted molar refractivity (Wildman–Crippen MR) is 49.4 cm³/mol. The van der Waals surface area contributed by atoms with E-state index in [0.29, 0.717) is 6.04 Å². The first kappa shape index (κ1) is 7.92. The fourth-order valence-corrected chi connectivity index (χ4v) is 2.01. The van der Waals surface area contributed by atoms with Crippen molar-refractivity contribution in [3.63, 3.8) is 0 Å². The molecule has 2 heterocycles. The Morgan fingerprint density at radius 1 is 1.58 bits per heavy atom. The third kappa shape index (κ3) is 1.18. The number of hydrogen-bond acceptors (Lipinski definition) is 1. The van der Waals surface area contributed by atoms with Crippen LogP contribution in [0.1, 0.15) is 12.5 Å². The van der Waals surface area contributed by atoms with Gasteiger partial charge in [0.25, 0.3) is 0 Å². The zero-order chi connectivity index (χ0) is 8.72. The third-order valence-corrected chi connectivity index (χ3v) is 2.35. The minimum atomic E-state index is 0.304. The van der Waals surface area contributed by atoms with Crippen molar-refractivity contribution in [1.82, 2.24) is 0 Å². The molecule has 0 aliphatic carbocycles. The highest BCUT2D eigenvalue weighted by molar-refractivity contribution is 9.10. The first-order valence-corrected chi connectivity index (χ1v) is 4.73. The molecule has 0 saturated carbocycles. The molecule has 0 bridgehead atoms. The van der Waals surface area contributed by atoms with Gasteiger partial charge in [0, 0.05) is 5.56 Å². The van der Waals surface area contributed by atoms with Gasteiger partial charge in [-0.05, 0) is 35.8 Å². The molecule has 1 aromatic rings. The number of nitrogens with zero attached hydrogens (tertiary/aromatic N) is 2. The van der Waals surface area contributed by atoms with Crippen molar-refractivity contribution in [3.8, 4) is 0 Å². The molecule has 1 aliphatic rings. The van der Waals surface area contributed by atoms with Crippen LogP contribution in [0.15, 0.2) is 21.7 Å². The van der Waals surface area contributed by atoms with Gasteiger partial charge in [0.2, 0.25) is 0 Å². The molecule has 2 nitrogen and oxygen atoms in total. The van der Waals surface area contributed by atoms with Gasteiger partial charge in [-0.15, -0.1) is 0 Å². The maximum atomic E-state index is 4.48. The molecule has 0 radical (unpaired) electrons. The highest BCUT2D eigenvalue weighted by Gasteiger charge is 2.14. The second-order valence-electron chi connectivity index (χ2n) is 3.09. The van der Waals surface area contributed by atoms with Crippen molar-refractivity contribution in [2.75, 3.05) is 0 Å². The molecule has 1 unspecified atom stereocenters. The molecule has 0 saturated heterocycles. The minimum absolute atomic E-state index is 0.304. The summed E-state index contributed by atoms with van der Waals surface area (Å²) in [7, 11) is 0. The van der Waals surface area contributed by atoms with Gasteiger partial charge in [-0.1, -0.05) is 4.99 Å². The molecule has 0 spiro atoms. The lowest BCUT2D eigenvalue weighted by Gasteiger charge is -1.87. The zero-order valence-corrected chi connectivity index (χ0v) is 8.67. The van der Waals surface area contributed by atoms with E-state index in [1.54, 1.807) is 0 Å². The summed E-state index contributed by atoms with van der Waals surface area (Å²) in [4.78, 5) is 4.48. The van der Waals surface area contributed by atoms with Crippen molar-refractivity contribution in [2.45, 2.75) is 19.9 Å². The van der Waals surface area contributed by atoms with E-state index in [-0.39, 0.29) is 0 Å². The van der Waals surface area contributed by atoms with Crippen LogP contribution in [0.3, 0.4) is 0 Å². The highest BCUT2D eigenvalue weighted by atomic mass is 79.9. The van der Waals surface area contributed by atoms with Gasteiger partial charge in [0.15, 0.2) is 6.04 Å². The standard InChI is InChI=1S/C9H10BrN2/c1-6-3-8(10)5-12-4-7(2)11-9(6)12/h3-5,7H,1-2H3/q+1. The monoisotopic (exact) mass is 225 g/mol. The number of aromatic nitrogens is 1. The second-order valence-corrected chi connectivity index (χ2v) is 4.01. The fraction of sp³-hybridized carbons (Fsp3) is 0.333. The third-order valence-electron chi connectivity index (χ3n) is 1.92. The summed E-state index contributed by atoms with van der Waals surface area (Å²) in [5.41, 5.74) is 2.29. The van der Waals surface area contributed by atoms with Crippen molar-refractivity contribution in [2.24, 2.45) is 4.99 Å². The van der Waals surface area contributed by atoms with Crippen molar-refractivity contribution in [3.05, 3.63) is 34.0 Å². The smallest absolute Gasteiger partial charge is 0.202 e. The molecule has 0 N–H and O–H groups in total. The number of aryl methyl sites for hydroxylation is 1. The maximum absolute atomic E-state index is 4.48. The van der Waals surface area contributed by atoms with Gasteiger partial charge < -0.3 is 0 Å². The summed E-state index contributed by atoms with van der Waals surface area (Å²) in [6, 6.07) is 2.39. The molecule has 0 amide bonds. The van der Waals surface area contributed by atoms with Gasteiger partial charge in [-0.3, -0.25) is 0 Å². The van der Waals surface area contributed by atoms with E-state index in [1.165, 1.54) is 5.56 Å². The molecular weight excluding hydrogens is 216 g/mol. The maximum Gasteiger partial charge on any atom is 0.325 e. The van der Waals surface area contributed by atoms with Crippen LogP contribution in [0.2, 0.25) is 0 Å². The van der Waals surface area contributed by atoms with E-state index in [2.05, 4.69) is 51.3 Å². The van der Waals surface area contributed by atoms with Gasteiger partial charge in [-0.2, -0.15) is 0 Å². The second kappa shape index (κ2) is 2.66. The largest absolute Gasteiger partial charge is 0.325 e. The van der Waals surface area contributed by atoms with E-state index in [4.69, 9.17) is 0 Å². The summed E-state index contributed by atoms with van der Waals surface area (Å²) in [5.74, 6) is 0. The first-order chi connectivity index (χ1) is 5.66. The molecule has 0 fully saturated rings. The minimum Gasteiger partial charge on any atom is -0.202 e. The molecule has 3 heteroatoms. The van der Waals surface area contributed by atoms with E-state index in [1.807, 2.05) is 6.20 Å². The molecule has 62 valence electrons. The topological polar surface area (TPSA) is 18.3 Å². The Labute approximate surface area is 79.4 Å².